The molecule has 1 aliphatic heterocycles. The number of nitrogens with one attached hydrogen (secondary N) is 2. The van der Waals surface area contributed by atoms with E-state index in [0.717, 1.165) is 49.5 Å². The monoisotopic (exact) mass is 512 g/mol. The molecule has 7 heteroatoms. The molecule has 2 heterocycles. The third kappa shape index (κ3) is 7.11. The van der Waals surface area contributed by atoms with E-state index >= 15 is 0 Å². The lowest BCUT2D eigenvalue weighted by Gasteiger charge is -2.26. The molecule has 0 bridgehead atoms. The van der Waals surface area contributed by atoms with Gasteiger partial charge in [-0.15, -0.1) is 0 Å². The summed E-state index contributed by atoms with van der Waals surface area (Å²) >= 11 is 0. The first-order chi connectivity index (χ1) is 18.6. The summed E-state index contributed by atoms with van der Waals surface area (Å²) in [5.74, 6) is 6.14. The lowest BCUT2D eigenvalue weighted by atomic mass is 9.94. The van der Waals surface area contributed by atoms with Crippen molar-refractivity contribution in [1.82, 2.24) is 20.2 Å². The van der Waals surface area contributed by atoms with Gasteiger partial charge in [0, 0.05) is 49.3 Å². The molecular weight excluding hydrogens is 476 g/mol. The van der Waals surface area contributed by atoms with Crippen molar-refractivity contribution in [3.05, 3.63) is 93.2 Å². The van der Waals surface area contributed by atoms with Gasteiger partial charge in [-0.2, -0.15) is 0 Å². The molecule has 1 unspecified atom stereocenters. The van der Waals surface area contributed by atoms with Gasteiger partial charge in [-0.25, -0.2) is 4.98 Å². The molecule has 0 amide bonds. The molecule has 3 N–H and O–H groups in total. The third-order valence-electron chi connectivity index (χ3n) is 7.50. The number of hydrogen-bond acceptors (Lipinski definition) is 6. The number of nitrogens with zero attached hydrogens (tertiary/aromatic N) is 2. The Bertz CT molecular complexity index is 1300. The van der Waals surface area contributed by atoms with Gasteiger partial charge in [0.25, 0.3) is 5.56 Å². The average Bonchev–Trinajstić information content (AvgIpc) is 3.47. The first kappa shape index (κ1) is 26.2. The zero-order valence-corrected chi connectivity index (χ0v) is 21.8. The standard InChI is InChI=1S/C31H36N4O3/c36-30-29(33-22-34-31(30)37)27(20-32-28-3-1-2-4-28)19-25-11-7-23(8-12-25)5-6-24-9-13-26(14-10-24)21-35-15-17-38-18-16-35/h7-14,22,27-28,32,36H,1-4,15-21H2,(H,33,34,37). The summed E-state index contributed by atoms with van der Waals surface area (Å²) in [4.78, 5) is 21.2. The molecule has 1 atom stereocenters. The van der Waals surface area contributed by atoms with E-state index < -0.39 is 5.56 Å². The van der Waals surface area contributed by atoms with Gasteiger partial charge in [-0.1, -0.05) is 48.9 Å². The summed E-state index contributed by atoms with van der Waals surface area (Å²) in [5.41, 5.74) is 4.29. The molecule has 1 aliphatic carbocycles. The number of rotatable bonds is 8. The van der Waals surface area contributed by atoms with Crippen LogP contribution >= 0.6 is 0 Å². The van der Waals surface area contributed by atoms with Crippen molar-refractivity contribution in [3.63, 3.8) is 0 Å². The molecule has 3 aromatic rings. The number of aromatic amines is 1. The van der Waals surface area contributed by atoms with E-state index in [4.69, 9.17) is 4.74 Å². The van der Waals surface area contributed by atoms with Crippen molar-refractivity contribution in [2.45, 2.75) is 50.6 Å². The van der Waals surface area contributed by atoms with Crippen LogP contribution in [-0.4, -0.2) is 58.9 Å². The molecule has 1 saturated carbocycles. The van der Waals surface area contributed by atoms with Crippen molar-refractivity contribution >= 4 is 0 Å². The molecular formula is C31H36N4O3. The van der Waals surface area contributed by atoms with Crippen molar-refractivity contribution in [2.75, 3.05) is 32.8 Å². The number of aromatic nitrogens is 2. The molecule has 7 nitrogen and oxygen atoms in total. The second kappa shape index (κ2) is 12.9. The maximum Gasteiger partial charge on any atom is 0.293 e. The number of ether oxygens (including phenoxy) is 1. The summed E-state index contributed by atoms with van der Waals surface area (Å²) in [6.45, 7) is 5.20. The molecule has 0 spiro atoms. The molecule has 1 aromatic heterocycles. The minimum Gasteiger partial charge on any atom is -0.502 e. The van der Waals surface area contributed by atoms with Crippen LogP contribution in [-0.2, 0) is 17.7 Å². The summed E-state index contributed by atoms with van der Waals surface area (Å²) in [6, 6.07) is 17.2. The average molecular weight is 513 g/mol. The Hall–Kier alpha value is -3.44. The highest BCUT2D eigenvalue weighted by molar-refractivity contribution is 5.44. The topological polar surface area (TPSA) is 90.5 Å². The lowest BCUT2D eigenvalue weighted by molar-refractivity contribution is 0.0342. The molecule has 2 fully saturated rings. The van der Waals surface area contributed by atoms with E-state index in [2.05, 4.69) is 68.4 Å². The fourth-order valence-electron chi connectivity index (χ4n) is 5.27. The highest BCUT2D eigenvalue weighted by Crippen LogP contribution is 2.25. The van der Waals surface area contributed by atoms with Gasteiger partial charge in [-0.05, 0) is 54.7 Å². The maximum absolute atomic E-state index is 12.0. The molecule has 0 radical (unpaired) electrons. The fraction of sp³-hybridized carbons (Fsp3) is 0.419. The first-order valence-electron chi connectivity index (χ1n) is 13.6. The van der Waals surface area contributed by atoms with Gasteiger partial charge >= 0.3 is 0 Å². The number of benzene rings is 2. The Labute approximate surface area is 224 Å². The number of morpholine rings is 1. The minimum atomic E-state index is -0.499. The van der Waals surface area contributed by atoms with E-state index in [1.165, 1.54) is 37.6 Å². The zero-order valence-electron chi connectivity index (χ0n) is 21.8. The second-order valence-corrected chi connectivity index (χ2v) is 10.3. The maximum atomic E-state index is 12.0. The Kier molecular flexibility index (Phi) is 8.87. The number of hydrogen-bond donors (Lipinski definition) is 3. The summed E-state index contributed by atoms with van der Waals surface area (Å²) in [6.07, 6.45) is 6.88. The van der Waals surface area contributed by atoms with Crippen LogP contribution in [0.4, 0.5) is 0 Å². The molecule has 5 rings (SSSR count). The zero-order chi connectivity index (χ0) is 26.2. The Morgan fingerprint density at radius 3 is 2.29 bits per heavy atom. The summed E-state index contributed by atoms with van der Waals surface area (Å²) in [7, 11) is 0. The quantitative estimate of drug-likeness (QED) is 0.400. The summed E-state index contributed by atoms with van der Waals surface area (Å²) in [5, 5.41) is 14.0. The third-order valence-corrected chi connectivity index (χ3v) is 7.50. The van der Waals surface area contributed by atoms with Crippen LogP contribution in [0.15, 0.2) is 59.7 Å². The smallest absolute Gasteiger partial charge is 0.293 e. The van der Waals surface area contributed by atoms with E-state index in [0.29, 0.717) is 24.7 Å². The van der Waals surface area contributed by atoms with Gasteiger partial charge in [0.05, 0.1) is 25.2 Å². The predicted octanol–water partition coefficient (Wildman–Crippen LogP) is 3.57. The Balaban J connectivity index is 1.22. The fourth-order valence-corrected chi connectivity index (χ4v) is 5.27. The minimum absolute atomic E-state index is 0.106. The van der Waals surface area contributed by atoms with Crippen molar-refractivity contribution in [1.29, 1.82) is 0 Å². The largest absolute Gasteiger partial charge is 0.502 e. The number of aromatic hydroxyl groups is 1. The first-order valence-corrected chi connectivity index (χ1v) is 13.6. The van der Waals surface area contributed by atoms with Gasteiger partial charge in [0.15, 0.2) is 0 Å². The van der Waals surface area contributed by atoms with Crippen LogP contribution < -0.4 is 10.9 Å². The molecule has 198 valence electrons. The molecule has 2 aromatic carbocycles. The van der Waals surface area contributed by atoms with Gasteiger partial charge in [-0.3, -0.25) is 9.69 Å². The Morgan fingerprint density at radius 2 is 1.63 bits per heavy atom. The van der Waals surface area contributed by atoms with E-state index in [9.17, 15) is 9.90 Å². The number of H-pyrrole nitrogens is 1. The van der Waals surface area contributed by atoms with Gasteiger partial charge in [0.1, 0.15) is 0 Å². The highest BCUT2D eigenvalue weighted by Gasteiger charge is 2.22. The van der Waals surface area contributed by atoms with Crippen LogP contribution in [0.3, 0.4) is 0 Å². The summed E-state index contributed by atoms with van der Waals surface area (Å²) < 4.78 is 5.43. The van der Waals surface area contributed by atoms with E-state index in [-0.39, 0.29) is 11.7 Å². The van der Waals surface area contributed by atoms with Gasteiger partial charge < -0.3 is 20.1 Å². The van der Waals surface area contributed by atoms with Crippen LogP contribution in [0, 0.1) is 11.8 Å². The van der Waals surface area contributed by atoms with Crippen molar-refractivity contribution < 1.29 is 9.84 Å². The van der Waals surface area contributed by atoms with Crippen LogP contribution in [0.1, 0.15) is 59.5 Å². The molecule has 2 aliphatic rings. The molecule has 38 heavy (non-hydrogen) atoms. The van der Waals surface area contributed by atoms with E-state index in [1.807, 2.05) is 12.1 Å². The predicted molar refractivity (Wildman–Crippen MR) is 148 cm³/mol. The highest BCUT2D eigenvalue weighted by atomic mass is 16.5. The molecule has 1 saturated heterocycles. The normalized spacial score (nSPS) is 17.2. The Morgan fingerprint density at radius 1 is 1.00 bits per heavy atom. The SMILES string of the molecule is O=c1[nH]cnc(C(CNC2CCCC2)Cc2ccc(C#Cc3ccc(CN4CCOCC4)cc3)cc2)c1O. The van der Waals surface area contributed by atoms with Gasteiger partial charge in [0.2, 0.25) is 5.75 Å². The van der Waals surface area contributed by atoms with Crippen LogP contribution in [0.2, 0.25) is 0 Å². The van der Waals surface area contributed by atoms with Crippen molar-refractivity contribution in [2.24, 2.45) is 0 Å². The van der Waals surface area contributed by atoms with Crippen LogP contribution in [0.25, 0.3) is 0 Å². The van der Waals surface area contributed by atoms with Crippen LogP contribution in [0.5, 0.6) is 5.75 Å². The second-order valence-electron chi connectivity index (χ2n) is 10.3. The van der Waals surface area contributed by atoms with Crippen molar-refractivity contribution in [3.8, 4) is 17.6 Å². The lowest BCUT2D eigenvalue weighted by Crippen LogP contribution is -2.35. The van der Waals surface area contributed by atoms with E-state index in [1.54, 1.807) is 0 Å².